The molecule has 1 aliphatic rings. The van der Waals surface area contributed by atoms with Gasteiger partial charge in [0.15, 0.2) is 0 Å². The highest BCUT2D eigenvalue weighted by molar-refractivity contribution is 6.30. The Bertz CT molecular complexity index is 343. The lowest BCUT2D eigenvalue weighted by Gasteiger charge is -2.33. The number of benzene rings is 1. The number of anilines is 1. The second-order valence-electron chi connectivity index (χ2n) is 4.45. The standard InChI is InChI=1S/C13H18ClNO2/c1-10-7-15(8-11(2)17-9-16-10)13-5-3-12(14)4-6-13/h3-6,10-11H,7-9H2,1-2H3/t10-,11-/m1/s1. The first kappa shape index (κ1) is 12.7. The number of nitrogens with zero attached hydrogens (tertiary/aromatic N) is 1. The Hall–Kier alpha value is -0.770. The summed E-state index contributed by atoms with van der Waals surface area (Å²) < 4.78 is 11.1. The molecule has 0 saturated carbocycles. The number of hydrogen-bond donors (Lipinski definition) is 0. The van der Waals surface area contributed by atoms with Gasteiger partial charge in [-0.15, -0.1) is 0 Å². The number of hydrogen-bond acceptors (Lipinski definition) is 3. The maximum Gasteiger partial charge on any atom is 0.147 e. The van der Waals surface area contributed by atoms with E-state index in [1.165, 1.54) is 0 Å². The van der Waals surface area contributed by atoms with Crippen molar-refractivity contribution in [1.82, 2.24) is 0 Å². The zero-order chi connectivity index (χ0) is 12.3. The van der Waals surface area contributed by atoms with Crippen molar-refractivity contribution in [2.75, 3.05) is 24.8 Å². The molecular weight excluding hydrogens is 238 g/mol. The molecule has 17 heavy (non-hydrogen) atoms. The molecule has 1 aromatic carbocycles. The second kappa shape index (κ2) is 5.71. The van der Waals surface area contributed by atoms with Gasteiger partial charge in [0.05, 0.1) is 12.2 Å². The van der Waals surface area contributed by atoms with Gasteiger partial charge >= 0.3 is 0 Å². The Balaban J connectivity index is 2.12. The number of rotatable bonds is 1. The van der Waals surface area contributed by atoms with Crippen LogP contribution in [0.25, 0.3) is 0 Å². The first-order valence-corrected chi connectivity index (χ1v) is 6.26. The van der Waals surface area contributed by atoms with Gasteiger partial charge in [-0.3, -0.25) is 0 Å². The second-order valence-corrected chi connectivity index (χ2v) is 4.89. The van der Waals surface area contributed by atoms with Crippen LogP contribution in [0, 0.1) is 0 Å². The maximum atomic E-state index is 5.90. The molecule has 0 unspecified atom stereocenters. The molecule has 0 spiro atoms. The highest BCUT2D eigenvalue weighted by atomic mass is 35.5. The van der Waals surface area contributed by atoms with Crippen molar-refractivity contribution in [2.45, 2.75) is 26.1 Å². The topological polar surface area (TPSA) is 21.7 Å². The van der Waals surface area contributed by atoms with E-state index in [0.29, 0.717) is 6.79 Å². The van der Waals surface area contributed by atoms with Gasteiger partial charge in [-0.05, 0) is 38.1 Å². The zero-order valence-electron chi connectivity index (χ0n) is 10.2. The van der Waals surface area contributed by atoms with E-state index in [2.05, 4.69) is 18.7 Å². The molecule has 1 fully saturated rings. The molecule has 1 aliphatic heterocycles. The van der Waals surface area contributed by atoms with E-state index in [4.69, 9.17) is 21.1 Å². The van der Waals surface area contributed by atoms with Gasteiger partial charge in [0, 0.05) is 23.8 Å². The smallest absolute Gasteiger partial charge is 0.147 e. The summed E-state index contributed by atoms with van der Waals surface area (Å²) in [6, 6.07) is 7.88. The number of ether oxygens (including phenoxy) is 2. The van der Waals surface area contributed by atoms with Gasteiger partial charge in [0.2, 0.25) is 0 Å². The Kier molecular flexibility index (Phi) is 4.26. The van der Waals surface area contributed by atoms with Crippen LogP contribution in [0.4, 0.5) is 5.69 Å². The molecule has 0 N–H and O–H groups in total. The van der Waals surface area contributed by atoms with Gasteiger partial charge < -0.3 is 14.4 Å². The Morgan fingerprint density at radius 2 is 1.59 bits per heavy atom. The third-order valence-electron chi connectivity index (χ3n) is 2.85. The van der Waals surface area contributed by atoms with Gasteiger partial charge in [0.25, 0.3) is 0 Å². The molecule has 2 atom stereocenters. The molecule has 1 aromatic rings. The molecular formula is C13H18ClNO2. The molecule has 1 heterocycles. The average Bonchev–Trinajstić information content (AvgIpc) is 2.27. The van der Waals surface area contributed by atoms with Gasteiger partial charge in [-0.2, -0.15) is 0 Å². The molecule has 3 nitrogen and oxygen atoms in total. The van der Waals surface area contributed by atoms with E-state index in [0.717, 1.165) is 23.8 Å². The summed E-state index contributed by atoms with van der Waals surface area (Å²) in [7, 11) is 0. The molecule has 0 radical (unpaired) electrons. The van der Waals surface area contributed by atoms with Crippen LogP contribution in [0.3, 0.4) is 0 Å². The highest BCUT2D eigenvalue weighted by Crippen LogP contribution is 2.20. The summed E-state index contributed by atoms with van der Waals surface area (Å²) in [5.74, 6) is 0. The summed E-state index contributed by atoms with van der Waals surface area (Å²) in [4.78, 5) is 2.27. The van der Waals surface area contributed by atoms with E-state index >= 15 is 0 Å². The molecule has 1 saturated heterocycles. The van der Waals surface area contributed by atoms with Crippen molar-refractivity contribution < 1.29 is 9.47 Å². The molecule has 0 aliphatic carbocycles. The van der Waals surface area contributed by atoms with Crippen LogP contribution in [-0.4, -0.2) is 32.1 Å². The first-order chi connectivity index (χ1) is 8.15. The number of halogens is 1. The average molecular weight is 256 g/mol. The lowest BCUT2D eigenvalue weighted by molar-refractivity contribution is -0.113. The predicted octanol–water partition coefficient (Wildman–Crippen LogP) is 2.93. The summed E-state index contributed by atoms with van der Waals surface area (Å²) in [5, 5.41) is 0.759. The van der Waals surface area contributed by atoms with Crippen LogP contribution < -0.4 is 4.90 Å². The van der Waals surface area contributed by atoms with Crippen LogP contribution in [0.2, 0.25) is 5.02 Å². The van der Waals surface area contributed by atoms with Crippen molar-refractivity contribution in [3.05, 3.63) is 29.3 Å². The molecule has 2 rings (SSSR count). The van der Waals surface area contributed by atoms with E-state index in [1.807, 2.05) is 24.3 Å². The SMILES string of the molecule is C[C@@H]1CN(c2ccc(Cl)cc2)C[C@@H](C)OCO1. The zero-order valence-corrected chi connectivity index (χ0v) is 11.0. The maximum absolute atomic E-state index is 5.90. The summed E-state index contributed by atoms with van der Waals surface area (Å²) in [6.07, 6.45) is 0.330. The minimum atomic E-state index is 0.165. The molecule has 94 valence electrons. The molecule has 0 bridgehead atoms. The fraction of sp³-hybridized carbons (Fsp3) is 0.538. The first-order valence-electron chi connectivity index (χ1n) is 5.89. The van der Waals surface area contributed by atoms with E-state index in [1.54, 1.807) is 0 Å². The Morgan fingerprint density at radius 1 is 1.06 bits per heavy atom. The normalized spacial score (nSPS) is 26.4. The fourth-order valence-electron chi connectivity index (χ4n) is 1.93. The van der Waals surface area contributed by atoms with Crippen molar-refractivity contribution in [1.29, 1.82) is 0 Å². The minimum Gasteiger partial charge on any atom is -0.366 e. The van der Waals surface area contributed by atoms with Crippen molar-refractivity contribution in [3.8, 4) is 0 Å². The van der Waals surface area contributed by atoms with Crippen LogP contribution in [0.15, 0.2) is 24.3 Å². The Labute approximate surface area is 107 Å². The van der Waals surface area contributed by atoms with E-state index in [-0.39, 0.29) is 12.2 Å². The van der Waals surface area contributed by atoms with E-state index in [9.17, 15) is 0 Å². The van der Waals surface area contributed by atoms with Crippen molar-refractivity contribution >= 4 is 17.3 Å². The quantitative estimate of drug-likeness (QED) is 0.770. The lowest BCUT2D eigenvalue weighted by atomic mass is 10.2. The van der Waals surface area contributed by atoms with Gasteiger partial charge in [-0.25, -0.2) is 0 Å². The van der Waals surface area contributed by atoms with Crippen LogP contribution in [0.5, 0.6) is 0 Å². The van der Waals surface area contributed by atoms with Crippen LogP contribution in [0.1, 0.15) is 13.8 Å². The fourth-order valence-corrected chi connectivity index (χ4v) is 2.06. The van der Waals surface area contributed by atoms with Crippen molar-refractivity contribution in [3.63, 3.8) is 0 Å². The molecule has 4 heteroatoms. The van der Waals surface area contributed by atoms with Crippen LogP contribution >= 0.6 is 11.6 Å². The lowest BCUT2D eigenvalue weighted by Crippen LogP contribution is -2.41. The molecule has 0 aromatic heterocycles. The summed E-state index contributed by atoms with van der Waals surface area (Å²) in [6.45, 7) is 6.24. The summed E-state index contributed by atoms with van der Waals surface area (Å²) in [5.41, 5.74) is 1.15. The molecule has 0 amide bonds. The van der Waals surface area contributed by atoms with E-state index < -0.39 is 0 Å². The van der Waals surface area contributed by atoms with Crippen LogP contribution in [-0.2, 0) is 9.47 Å². The van der Waals surface area contributed by atoms with Gasteiger partial charge in [-0.1, -0.05) is 11.6 Å². The Morgan fingerprint density at radius 3 is 2.12 bits per heavy atom. The van der Waals surface area contributed by atoms with Gasteiger partial charge in [0.1, 0.15) is 6.79 Å². The highest BCUT2D eigenvalue weighted by Gasteiger charge is 2.18. The third kappa shape index (κ3) is 3.60. The third-order valence-corrected chi connectivity index (χ3v) is 3.10. The minimum absolute atomic E-state index is 0.165. The predicted molar refractivity (Wildman–Crippen MR) is 69.6 cm³/mol. The largest absolute Gasteiger partial charge is 0.366 e. The summed E-state index contributed by atoms with van der Waals surface area (Å²) >= 11 is 5.90. The monoisotopic (exact) mass is 255 g/mol. The van der Waals surface area contributed by atoms with Crippen molar-refractivity contribution in [2.24, 2.45) is 0 Å².